The van der Waals surface area contributed by atoms with Crippen LogP contribution < -0.4 is 4.90 Å². The van der Waals surface area contributed by atoms with Crippen LogP contribution >= 0.6 is 0 Å². The van der Waals surface area contributed by atoms with E-state index in [0.717, 1.165) is 32.4 Å². The van der Waals surface area contributed by atoms with Crippen molar-refractivity contribution in [2.75, 3.05) is 18.0 Å². The molecule has 1 aliphatic rings. The summed E-state index contributed by atoms with van der Waals surface area (Å²) in [5.41, 5.74) is -0.671. The topological polar surface area (TPSA) is 70.2 Å². The Morgan fingerprint density at radius 3 is 2.56 bits per heavy atom. The smallest absolute Gasteiger partial charge is 0.290 e. The SMILES string of the molecule is N#Cc1c([N+](=O)[O-])ccc(N2CCCCC2)c1F. The van der Waals surface area contributed by atoms with Crippen LogP contribution in [0.5, 0.6) is 0 Å². The molecule has 6 heteroatoms. The fourth-order valence-corrected chi connectivity index (χ4v) is 2.19. The van der Waals surface area contributed by atoms with E-state index in [4.69, 9.17) is 5.26 Å². The van der Waals surface area contributed by atoms with Crippen molar-refractivity contribution < 1.29 is 9.31 Å². The Morgan fingerprint density at radius 1 is 1.33 bits per heavy atom. The maximum Gasteiger partial charge on any atom is 0.290 e. The summed E-state index contributed by atoms with van der Waals surface area (Å²) in [6.45, 7) is 1.44. The molecule has 0 aliphatic carbocycles. The van der Waals surface area contributed by atoms with Gasteiger partial charge in [-0.1, -0.05) is 0 Å². The van der Waals surface area contributed by atoms with E-state index in [1.807, 2.05) is 4.90 Å². The summed E-state index contributed by atoms with van der Waals surface area (Å²) >= 11 is 0. The summed E-state index contributed by atoms with van der Waals surface area (Å²) in [5, 5.41) is 19.6. The second kappa shape index (κ2) is 5.00. The van der Waals surface area contributed by atoms with Crippen molar-refractivity contribution in [2.45, 2.75) is 19.3 Å². The Labute approximate surface area is 104 Å². The maximum atomic E-state index is 14.1. The average molecular weight is 249 g/mol. The quantitative estimate of drug-likeness (QED) is 0.596. The van der Waals surface area contributed by atoms with Crippen LogP contribution in [0.15, 0.2) is 12.1 Å². The molecule has 0 bridgehead atoms. The van der Waals surface area contributed by atoms with Gasteiger partial charge in [-0.25, -0.2) is 4.39 Å². The summed E-state index contributed by atoms with van der Waals surface area (Å²) in [6.07, 6.45) is 3.05. The van der Waals surface area contributed by atoms with E-state index < -0.39 is 22.0 Å². The van der Waals surface area contributed by atoms with Crippen LogP contribution in [0.2, 0.25) is 0 Å². The van der Waals surface area contributed by atoms with Crippen LogP contribution in [-0.4, -0.2) is 18.0 Å². The van der Waals surface area contributed by atoms with Crippen molar-refractivity contribution >= 4 is 11.4 Å². The molecule has 5 nitrogen and oxygen atoms in total. The molecule has 1 aromatic rings. The molecule has 0 radical (unpaired) electrons. The van der Waals surface area contributed by atoms with Crippen molar-refractivity contribution in [3.05, 3.63) is 33.6 Å². The number of halogens is 1. The summed E-state index contributed by atoms with van der Waals surface area (Å²) in [7, 11) is 0. The number of anilines is 1. The predicted octanol–water partition coefficient (Wildman–Crippen LogP) is 2.60. The Bertz CT molecular complexity index is 519. The van der Waals surface area contributed by atoms with Crippen molar-refractivity contribution in [1.29, 1.82) is 5.26 Å². The molecule has 0 amide bonds. The fourth-order valence-electron chi connectivity index (χ4n) is 2.19. The molecule has 0 aromatic heterocycles. The first-order chi connectivity index (χ1) is 8.65. The third kappa shape index (κ3) is 2.12. The lowest BCUT2D eigenvalue weighted by atomic mass is 10.1. The standard InChI is InChI=1S/C12H12FN3O2/c13-12-9(8-14)10(16(17)18)4-5-11(12)15-6-2-1-3-7-15/h4-5H,1-3,6-7H2. The zero-order valence-corrected chi connectivity index (χ0v) is 9.73. The highest BCUT2D eigenvalue weighted by molar-refractivity contribution is 5.61. The molecular weight excluding hydrogens is 237 g/mol. The molecule has 0 atom stereocenters. The van der Waals surface area contributed by atoms with Crippen molar-refractivity contribution in [2.24, 2.45) is 0 Å². The van der Waals surface area contributed by atoms with Crippen LogP contribution in [0.1, 0.15) is 24.8 Å². The highest BCUT2D eigenvalue weighted by Gasteiger charge is 2.24. The molecule has 0 saturated carbocycles. The molecule has 0 N–H and O–H groups in total. The fraction of sp³-hybridized carbons (Fsp3) is 0.417. The monoisotopic (exact) mass is 249 g/mol. The zero-order valence-electron chi connectivity index (χ0n) is 9.73. The van der Waals surface area contributed by atoms with Gasteiger partial charge >= 0.3 is 0 Å². The van der Waals surface area contributed by atoms with Crippen LogP contribution in [0.3, 0.4) is 0 Å². The number of piperidine rings is 1. The summed E-state index contributed by atoms with van der Waals surface area (Å²) < 4.78 is 14.1. The summed E-state index contributed by atoms with van der Waals surface area (Å²) in [6, 6.07) is 4.17. The molecular formula is C12H12FN3O2. The molecule has 2 rings (SSSR count). The van der Waals surface area contributed by atoms with E-state index >= 15 is 0 Å². The molecule has 0 spiro atoms. The molecule has 94 valence electrons. The molecule has 1 saturated heterocycles. The van der Waals surface area contributed by atoms with Gasteiger partial charge in [-0.05, 0) is 25.3 Å². The van der Waals surface area contributed by atoms with E-state index in [1.165, 1.54) is 12.1 Å². The van der Waals surface area contributed by atoms with Crippen molar-refractivity contribution in [3.8, 4) is 6.07 Å². The van der Waals surface area contributed by atoms with Crippen LogP contribution in [-0.2, 0) is 0 Å². The molecule has 1 aliphatic heterocycles. The van der Waals surface area contributed by atoms with E-state index in [1.54, 1.807) is 6.07 Å². The second-order valence-electron chi connectivity index (χ2n) is 4.21. The highest BCUT2D eigenvalue weighted by Crippen LogP contribution is 2.30. The Hall–Kier alpha value is -2.16. The molecule has 1 fully saturated rings. The number of hydrogen-bond donors (Lipinski definition) is 0. The van der Waals surface area contributed by atoms with Gasteiger partial charge in [-0.2, -0.15) is 5.26 Å². The Balaban J connectivity index is 2.44. The first-order valence-corrected chi connectivity index (χ1v) is 5.77. The van der Waals surface area contributed by atoms with Gasteiger partial charge in [0.2, 0.25) is 0 Å². The maximum absolute atomic E-state index is 14.1. The number of hydrogen-bond acceptors (Lipinski definition) is 4. The molecule has 0 unspecified atom stereocenters. The lowest BCUT2D eigenvalue weighted by molar-refractivity contribution is -0.385. The van der Waals surface area contributed by atoms with E-state index in [-0.39, 0.29) is 5.69 Å². The normalized spacial score (nSPS) is 15.2. The van der Waals surface area contributed by atoms with Gasteiger partial charge in [0.15, 0.2) is 11.4 Å². The number of nitro benzene ring substituents is 1. The highest BCUT2D eigenvalue weighted by atomic mass is 19.1. The van der Waals surface area contributed by atoms with Crippen LogP contribution in [0.25, 0.3) is 0 Å². The first kappa shape index (κ1) is 12.3. The lowest BCUT2D eigenvalue weighted by Gasteiger charge is -2.29. The minimum absolute atomic E-state index is 0.289. The summed E-state index contributed by atoms with van der Waals surface area (Å²) in [5.74, 6) is -0.784. The van der Waals surface area contributed by atoms with Gasteiger partial charge in [0.05, 0.1) is 10.6 Å². The van der Waals surface area contributed by atoms with E-state index in [0.29, 0.717) is 0 Å². The number of benzene rings is 1. The van der Waals surface area contributed by atoms with Gasteiger partial charge in [0, 0.05) is 19.2 Å². The Kier molecular flexibility index (Phi) is 3.42. The molecule has 1 aromatic carbocycles. The van der Waals surface area contributed by atoms with Crippen molar-refractivity contribution in [1.82, 2.24) is 0 Å². The number of nitrogens with zero attached hydrogens (tertiary/aromatic N) is 3. The van der Waals surface area contributed by atoms with Gasteiger partial charge in [-0.15, -0.1) is 0 Å². The zero-order chi connectivity index (χ0) is 13.1. The second-order valence-corrected chi connectivity index (χ2v) is 4.21. The molecule has 18 heavy (non-hydrogen) atoms. The van der Waals surface area contributed by atoms with E-state index in [2.05, 4.69) is 0 Å². The average Bonchev–Trinajstić information content (AvgIpc) is 2.39. The van der Waals surface area contributed by atoms with Gasteiger partial charge < -0.3 is 4.90 Å². The first-order valence-electron chi connectivity index (χ1n) is 5.77. The Morgan fingerprint density at radius 2 is 2.00 bits per heavy atom. The number of nitriles is 1. The summed E-state index contributed by atoms with van der Waals surface area (Å²) in [4.78, 5) is 11.8. The van der Waals surface area contributed by atoms with Gasteiger partial charge in [-0.3, -0.25) is 10.1 Å². The third-order valence-corrected chi connectivity index (χ3v) is 3.10. The minimum Gasteiger partial charge on any atom is -0.369 e. The van der Waals surface area contributed by atoms with Gasteiger partial charge in [0.25, 0.3) is 5.69 Å². The third-order valence-electron chi connectivity index (χ3n) is 3.10. The molecule has 1 heterocycles. The van der Waals surface area contributed by atoms with Gasteiger partial charge in [0.1, 0.15) is 6.07 Å². The predicted molar refractivity (Wildman–Crippen MR) is 63.8 cm³/mol. The van der Waals surface area contributed by atoms with Crippen LogP contribution in [0.4, 0.5) is 15.8 Å². The van der Waals surface area contributed by atoms with Crippen molar-refractivity contribution in [3.63, 3.8) is 0 Å². The minimum atomic E-state index is -0.784. The van der Waals surface area contributed by atoms with Crippen LogP contribution in [0, 0.1) is 27.3 Å². The largest absolute Gasteiger partial charge is 0.369 e. The number of nitro groups is 1. The van der Waals surface area contributed by atoms with E-state index in [9.17, 15) is 14.5 Å². The number of rotatable bonds is 2. The lowest BCUT2D eigenvalue weighted by Crippen LogP contribution is -2.30.